The third-order valence-electron chi connectivity index (χ3n) is 1.63. The van der Waals surface area contributed by atoms with Crippen molar-refractivity contribution in [1.29, 1.82) is 0 Å². The van der Waals surface area contributed by atoms with Gasteiger partial charge < -0.3 is 10.2 Å². The van der Waals surface area contributed by atoms with E-state index in [0.717, 1.165) is 17.8 Å². The molecule has 15 heavy (non-hydrogen) atoms. The minimum atomic E-state index is -1.31. The van der Waals surface area contributed by atoms with Crippen molar-refractivity contribution < 1.29 is 19.4 Å². The van der Waals surface area contributed by atoms with Gasteiger partial charge in [0.05, 0.1) is 5.56 Å². The van der Waals surface area contributed by atoms with Crippen molar-refractivity contribution in [2.75, 3.05) is 12.4 Å². The summed E-state index contributed by atoms with van der Waals surface area (Å²) in [7, 11) is 0. The van der Waals surface area contributed by atoms with Crippen LogP contribution in [0.2, 0.25) is 0 Å². The average Bonchev–Trinajstić information content (AvgIpc) is 2.20. The highest BCUT2D eigenvalue weighted by Crippen LogP contribution is 2.21. The molecular formula is C9H10FNO3S. The Labute approximate surface area is 90.1 Å². The Hall–Kier alpha value is -1.14. The van der Waals surface area contributed by atoms with Gasteiger partial charge in [0.2, 0.25) is 0 Å². The zero-order chi connectivity index (χ0) is 11.3. The number of aromatic carboxylic acids is 1. The number of aliphatic hydroxyl groups excluding tert-OH is 1. The molecule has 0 fully saturated rings. The minimum absolute atomic E-state index is 0.0211. The molecule has 0 aromatic carbocycles. The van der Waals surface area contributed by atoms with E-state index in [1.807, 2.05) is 0 Å². The van der Waals surface area contributed by atoms with Gasteiger partial charge in [0.15, 0.2) is 5.82 Å². The third-order valence-corrected chi connectivity index (χ3v) is 2.68. The molecule has 0 unspecified atom stereocenters. The fraction of sp³-hybridized carbons (Fsp3) is 0.333. The molecule has 0 saturated carbocycles. The van der Waals surface area contributed by atoms with Crippen LogP contribution in [0, 0.1) is 5.82 Å². The number of halogens is 1. The number of aromatic nitrogens is 1. The molecule has 0 aliphatic carbocycles. The van der Waals surface area contributed by atoms with E-state index in [-0.39, 0.29) is 17.2 Å². The van der Waals surface area contributed by atoms with E-state index in [1.54, 1.807) is 0 Å². The fourth-order valence-electron chi connectivity index (χ4n) is 0.924. The van der Waals surface area contributed by atoms with Crippen molar-refractivity contribution in [1.82, 2.24) is 4.98 Å². The van der Waals surface area contributed by atoms with Crippen molar-refractivity contribution in [3.05, 3.63) is 23.6 Å². The molecular weight excluding hydrogens is 221 g/mol. The van der Waals surface area contributed by atoms with E-state index in [1.165, 1.54) is 6.20 Å². The maximum absolute atomic E-state index is 13.4. The van der Waals surface area contributed by atoms with Gasteiger partial charge >= 0.3 is 5.97 Å². The lowest BCUT2D eigenvalue weighted by atomic mass is 10.3. The van der Waals surface area contributed by atoms with E-state index in [4.69, 9.17) is 10.2 Å². The number of rotatable bonds is 5. The van der Waals surface area contributed by atoms with Crippen LogP contribution < -0.4 is 0 Å². The van der Waals surface area contributed by atoms with Crippen LogP contribution in [0.1, 0.15) is 16.8 Å². The molecule has 1 rings (SSSR count). The number of carboxylic acids is 1. The summed E-state index contributed by atoms with van der Waals surface area (Å²) in [5, 5.41) is 17.2. The van der Waals surface area contributed by atoms with Crippen LogP contribution in [0.3, 0.4) is 0 Å². The van der Waals surface area contributed by atoms with Crippen LogP contribution in [0.15, 0.2) is 17.3 Å². The summed E-state index contributed by atoms with van der Waals surface area (Å²) in [4.78, 5) is 14.3. The number of hydrogen-bond acceptors (Lipinski definition) is 4. The number of pyridine rings is 1. The van der Waals surface area contributed by atoms with Crippen LogP contribution in [-0.2, 0) is 0 Å². The molecule has 0 spiro atoms. The van der Waals surface area contributed by atoms with E-state index in [2.05, 4.69) is 4.98 Å². The van der Waals surface area contributed by atoms with Crippen LogP contribution >= 0.6 is 11.8 Å². The second-order valence-electron chi connectivity index (χ2n) is 2.71. The number of nitrogens with zero attached hydrogens (tertiary/aromatic N) is 1. The number of aliphatic hydroxyl groups is 1. The summed E-state index contributed by atoms with van der Waals surface area (Å²) >= 11 is 1.09. The first-order valence-electron chi connectivity index (χ1n) is 4.28. The van der Waals surface area contributed by atoms with Gasteiger partial charge in [-0.1, -0.05) is 0 Å². The topological polar surface area (TPSA) is 70.4 Å². The van der Waals surface area contributed by atoms with Gasteiger partial charge in [-0.05, 0) is 12.5 Å². The van der Waals surface area contributed by atoms with Crippen LogP contribution in [-0.4, -0.2) is 33.5 Å². The third kappa shape index (κ3) is 3.17. The Morgan fingerprint density at radius 2 is 2.33 bits per heavy atom. The van der Waals surface area contributed by atoms with Gasteiger partial charge in [0.25, 0.3) is 0 Å². The molecule has 1 heterocycles. The molecule has 1 aromatic heterocycles. The molecule has 0 bridgehead atoms. The lowest BCUT2D eigenvalue weighted by Gasteiger charge is -2.03. The second-order valence-corrected chi connectivity index (χ2v) is 3.79. The smallest absolute Gasteiger partial charge is 0.338 e. The Morgan fingerprint density at radius 3 is 2.93 bits per heavy atom. The highest BCUT2D eigenvalue weighted by atomic mass is 32.2. The molecule has 6 heteroatoms. The van der Waals surface area contributed by atoms with Crippen molar-refractivity contribution >= 4 is 17.7 Å². The second kappa shape index (κ2) is 5.67. The van der Waals surface area contributed by atoms with Gasteiger partial charge in [0.1, 0.15) is 5.03 Å². The summed E-state index contributed by atoms with van der Waals surface area (Å²) in [6, 6.07) is 1.12. The summed E-state index contributed by atoms with van der Waals surface area (Å²) in [6.45, 7) is 0.0211. The quantitative estimate of drug-likeness (QED) is 0.592. The predicted octanol–water partition coefficient (Wildman–Crippen LogP) is 1.39. The maximum atomic E-state index is 13.4. The first-order chi connectivity index (χ1) is 7.16. The summed E-state index contributed by atoms with van der Waals surface area (Å²) < 4.78 is 13.4. The highest BCUT2D eigenvalue weighted by Gasteiger charge is 2.14. The maximum Gasteiger partial charge on any atom is 0.338 e. The molecule has 0 saturated heterocycles. The largest absolute Gasteiger partial charge is 0.478 e. The standard InChI is InChI=1S/C9H10FNO3S/c10-7-6(9(13)14)2-3-11-8(7)15-5-1-4-12/h2-3,12H,1,4-5H2,(H,13,14). The Kier molecular flexibility index (Phi) is 4.51. The Morgan fingerprint density at radius 1 is 1.60 bits per heavy atom. The summed E-state index contributed by atoms with van der Waals surface area (Å²) in [6.07, 6.45) is 1.77. The minimum Gasteiger partial charge on any atom is -0.478 e. The summed E-state index contributed by atoms with van der Waals surface area (Å²) in [5.41, 5.74) is -0.378. The average molecular weight is 231 g/mol. The van der Waals surface area contributed by atoms with E-state index >= 15 is 0 Å². The Bertz CT molecular complexity index is 359. The van der Waals surface area contributed by atoms with Gasteiger partial charge in [-0.25, -0.2) is 14.2 Å². The monoisotopic (exact) mass is 231 g/mol. The van der Waals surface area contributed by atoms with Crippen molar-refractivity contribution in [2.45, 2.75) is 11.4 Å². The lowest BCUT2D eigenvalue weighted by Crippen LogP contribution is -2.03. The van der Waals surface area contributed by atoms with Crippen LogP contribution in [0.4, 0.5) is 4.39 Å². The highest BCUT2D eigenvalue weighted by molar-refractivity contribution is 7.99. The fourth-order valence-corrected chi connectivity index (χ4v) is 1.76. The molecule has 4 nitrogen and oxygen atoms in total. The van der Waals surface area contributed by atoms with Crippen molar-refractivity contribution in [3.63, 3.8) is 0 Å². The van der Waals surface area contributed by atoms with Gasteiger partial charge in [-0.2, -0.15) is 0 Å². The predicted molar refractivity (Wildman–Crippen MR) is 53.6 cm³/mol. The number of carboxylic acid groups (broad SMARTS) is 1. The molecule has 1 aromatic rings. The normalized spacial score (nSPS) is 10.3. The summed E-state index contributed by atoms with van der Waals surface area (Å²) in [5.74, 6) is -1.62. The van der Waals surface area contributed by atoms with Crippen LogP contribution in [0.25, 0.3) is 0 Å². The van der Waals surface area contributed by atoms with E-state index < -0.39 is 11.8 Å². The first kappa shape index (κ1) is 11.9. The zero-order valence-electron chi connectivity index (χ0n) is 7.81. The first-order valence-corrected chi connectivity index (χ1v) is 5.27. The van der Waals surface area contributed by atoms with Gasteiger partial charge in [-0.3, -0.25) is 0 Å². The van der Waals surface area contributed by atoms with Crippen LogP contribution in [0.5, 0.6) is 0 Å². The van der Waals surface area contributed by atoms with Crippen molar-refractivity contribution in [2.24, 2.45) is 0 Å². The van der Waals surface area contributed by atoms with Gasteiger partial charge in [0, 0.05) is 18.6 Å². The van der Waals surface area contributed by atoms with Gasteiger partial charge in [-0.15, -0.1) is 11.8 Å². The zero-order valence-corrected chi connectivity index (χ0v) is 8.63. The van der Waals surface area contributed by atoms with E-state index in [0.29, 0.717) is 12.2 Å². The molecule has 0 radical (unpaired) electrons. The number of hydrogen-bond donors (Lipinski definition) is 2. The van der Waals surface area contributed by atoms with E-state index in [9.17, 15) is 9.18 Å². The Balaban J connectivity index is 2.80. The van der Waals surface area contributed by atoms with Crippen molar-refractivity contribution in [3.8, 4) is 0 Å². The molecule has 82 valence electrons. The molecule has 0 aliphatic rings. The SMILES string of the molecule is O=C(O)c1ccnc(SCCCO)c1F. The molecule has 2 N–H and O–H groups in total. The molecule has 0 aliphatic heterocycles. The number of carbonyl (C=O) groups is 1. The molecule has 0 amide bonds. The molecule has 0 atom stereocenters. The lowest BCUT2D eigenvalue weighted by molar-refractivity contribution is 0.0691. The number of thioether (sulfide) groups is 1.